The summed E-state index contributed by atoms with van der Waals surface area (Å²) in [5.41, 5.74) is 0. The average molecular weight is 1330 g/mol. The van der Waals surface area contributed by atoms with Crippen LogP contribution in [0.15, 0.2) is 0 Å². The zero-order valence-electron chi connectivity index (χ0n) is 58.8. The third kappa shape index (κ3) is 63.5. The third-order valence-corrected chi connectivity index (χ3v) is 18.6. The Labute approximate surface area is 549 Å². The predicted octanol–water partition coefficient (Wildman–Crippen LogP) is 20.1. The van der Waals surface area contributed by atoms with Gasteiger partial charge in [0.25, 0.3) is 0 Å². The Morgan fingerprint density at radius 3 is 0.789 bits per heavy atom. The van der Waals surface area contributed by atoms with Gasteiger partial charge in [0, 0.05) is 25.7 Å². The van der Waals surface area contributed by atoms with Crippen LogP contribution in [0.3, 0.4) is 0 Å². The van der Waals surface area contributed by atoms with Crippen LogP contribution in [-0.2, 0) is 65.4 Å². The smallest absolute Gasteiger partial charge is 0.462 e. The normalized spacial score (nSPS) is 14.6. The quantitative estimate of drug-likeness (QED) is 0.0222. The van der Waals surface area contributed by atoms with Crippen LogP contribution < -0.4 is 0 Å². The number of rotatable bonds is 68. The van der Waals surface area contributed by atoms with Gasteiger partial charge in [0.05, 0.1) is 26.4 Å². The Morgan fingerprint density at radius 1 is 0.311 bits per heavy atom. The maximum atomic E-state index is 13.0. The standard InChI is InChI=1S/C71H138O17P2/c1-9-64(8)50-42-34-25-21-22-28-38-46-54-71(76)88-67(58-82-69(74)52-44-36-30-29-33-41-49-63(6)7)60-86-90(79,80)84-56-65(72)55-83-89(77,78)85-59-66(87-70(75)53-45-37-27-20-16-15-18-24-32-40-48-62(4)5)57-81-68(73)51-43-35-26-19-14-12-10-11-13-17-23-31-39-47-61(2)3/h61-67,72H,9-60H2,1-8H3,(H,77,78)(H,79,80)/t64?,65-,66-,67-/m1/s1. The van der Waals surface area contributed by atoms with Gasteiger partial charge in [0.2, 0.25) is 0 Å². The van der Waals surface area contributed by atoms with E-state index in [4.69, 9.17) is 37.0 Å². The van der Waals surface area contributed by atoms with Crippen molar-refractivity contribution in [1.82, 2.24) is 0 Å². The lowest BCUT2D eigenvalue weighted by Crippen LogP contribution is -2.30. The number of carbonyl (C=O) groups excluding carboxylic acids is 4. The predicted molar refractivity (Wildman–Crippen MR) is 363 cm³/mol. The van der Waals surface area contributed by atoms with E-state index in [-0.39, 0.29) is 25.7 Å². The van der Waals surface area contributed by atoms with Gasteiger partial charge >= 0.3 is 39.5 Å². The number of hydrogen-bond acceptors (Lipinski definition) is 15. The summed E-state index contributed by atoms with van der Waals surface area (Å²) < 4.78 is 68.3. The van der Waals surface area contributed by atoms with Crippen molar-refractivity contribution in [2.24, 2.45) is 23.7 Å². The van der Waals surface area contributed by atoms with Gasteiger partial charge in [-0.05, 0) is 49.4 Å². The molecule has 0 radical (unpaired) electrons. The molecule has 90 heavy (non-hydrogen) atoms. The van der Waals surface area contributed by atoms with E-state index in [1.807, 2.05) is 0 Å². The summed E-state index contributed by atoms with van der Waals surface area (Å²) in [6.45, 7) is 14.1. The van der Waals surface area contributed by atoms with Crippen LogP contribution in [0.5, 0.6) is 0 Å². The van der Waals surface area contributed by atoms with E-state index in [9.17, 15) is 43.2 Å². The van der Waals surface area contributed by atoms with Crippen LogP contribution in [0.25, 0.3) is 0 Å². The lowest BCUT2D eigenvalue weighted by Gasteiger charge is -2.21. The molecule has 0 spiro atoms. The van der Waals surface area contributed by atoms with Gasteiger partial charge < -0.3 is 33.8 Å². The van der Waals surface area contributed by atoms with Crippen molar-refractivity contribution in [2.45, 2.75) is 369 Å². The van der Waals surface area contributed by atoms with Crippen molar-refractivity contribution in [3.05, 3.63) is 0 Å². The highest BCUT2D eigenvalue weighted by molar-refractivity contribution is 7.47. The van der Waals surface area contributed by atoms with Crippen LogP contribution in [-0.4, -0.2) is 96.7 Å². The largest absolute Gasteiger partial charge is 0.472 e. The van der Waals surface area contributed by atoms with Crippen molar-refractivity contribution < 1.29 is 80.2 Å². The molecule has 0 aromatic carbocycles. The first-order chi connectivity index (χ1) is 43.1. The number of hydrogen-bond donors (Lipinski definition) is 3. The molecular weight excluding hydrogens is 1190 g/mol. The highest BCUT2D eigenvalue weighted by Gasteiger charge is 2.30. The number of aliphatic hydroxyl groups excluding tert-OH is 1. The number of unbranched alkanes of at least 4 members (excludes halogenated alkanes) is 33. The van der Waals surface area contributed by atoms with Crippen LogP contribution in [0, 0.1) is 23.7 Å². The molecule has 0 aromatic heterocycles. The average Bonchev–Trinajstić information content (AvgIpc) is 2.91. The minimum atomic E-state index is -4.95. The summed E-state index contributed by atoms with van der Waals surface area (Å²) in [5.74, 6) is 0.861. The molecule has 0 heterocycles. The second-order valence-corrected chi connectivity index (χ2v) is 30.2. The molecule has 0 aliphatic carbocycles. The highest BCUT2D eigenvalue weighted by atomic mass is 31.2. The van der Waals surface area contributed by atoms with E-state index >= 15 is 0 Å². The minimum Gasteiger partial charge on any atom is -0.462 e. The third-order valence-electron chi connectivity index (χ3n) is 16.7. The monoisotopic (exact) mass is 1320 g/mol. The second kappa shape index (κ2) is 60.7. The second-order valence-electron chi connectivity index (χ2n) is 27.3. The van der Waals surface area contributed by atoms with Crippen molar-refractivity contribution in [2.75, 3.05) is 39.6 Å². The number of esters is 4. The first kappa shape index (κ1) is 88.1. The number of carbonyl (C=O) groups is 4. The van der Waals surface area contributed by atoms with Gasteiger partial charge in [0.1, 0.15) is 19.3 Å². The van der Waals surface area contributed by atoms with Gasteiger partial charge in [-0.3, -0.25) is 37.3 Å². The molecule has 0 aromatic rings. The summed E-state index contributed by atoms with van der Waals surface area (Å²) in [7, 11) is -9.90. The molecule has 3 unspecified atom stereocenters. The molecule has 0 bridgehead atoms. The van der Waals surface area contributed by atoms with Crippen molar-refractivity contribution in [3.63, 3.8) is 0 Å². The molecule has 0 fully saturated rings. The SMILES string of the molecule is CCC(C)CCCCCCCCCCC(=O)O[C@H](COC(=O)CCCCCCCCC(C)C)COP(=O)(O)OC[C@H](O)COP(=O)(O)OC[C@@H](COC(=O)CCCCCCCCCCCCCCCC(C)C)OC(=O)CCCCCCCCCCCCC(C)C. The van der Waals surface area contributed by atoms with Crippen LogP contribution >= 0.6 is 15.6 Å². The molecule has 534 valence electrons. The summed E-state index contributed by atoms with van der Waals surface area (Å²) in [5, 5.41) is 10.6. The van der Waals surface area contributed by atoms with Crippen molar-refractivity contribution >= 4 is 39.5 Å². The topological polar surface area (TPSA) is 237 Å². The maximum Gasteiger partial charge on any atom is 0.472 e. The van der Waals surface area contributed by atoms with Gasteiger partial charge in [-0.15, -0.1) is 0 Å². The Kier molecular flexibility index (Phi) is 59.4. The van der Waals surface area contributed by atoms with Gasteiger partial charge in [-0.25, -0.2) is 9.13 Å². The summed E-state index contributed by atoms with van der Waals surface area (Å²) in [6.07, 6.45) is 43.1. The number of phosphoric ester groups is 2. The first-order valence-electron chi connectivity index (χ1n) is 36.7. The zero-order valence-corrected chi connectivity index (χ0v) is 60.6. The van der Waals surface area contributed by atoms with Crippen molar-refractivity contribution in [3.8, 4) is 0 Å². The van der Waals surface area contributed by atoms with E-state index in [0.29, 0.717) is 31.6 Å². The Bertz CT molecular complexity index is 1780. The molecule has 0 aliphatic heterocycles. The molecule has 19 heteroatoms. The highest BCUT2D eigenvalue weighted by Crippen LogP contribution is 2.45. The Morgan fingerprint density at radius 2 is 0.533 bits per heavy atom. The Balaban J connectivity index is 5.24. The number of aliphatic hydroxyl groups is 1. The fraction of sp³-hybridized carbons (Fsp3) is 0.944. The molecule has 0 amide bonds. The van der Waals surface area contributed by atoms with Crippen LogP contribution in [0.2, 0.25) is 0 Å². The minimum absolute atomic E-state index is 0.103. The summed E-state index contributed by atoms with van der Waals surface area (Å²) in [6, 6.07) is 0. The van der Waals surface area contributed by atoms with E-state index in [1.165, 1.54) is 148 Å². The van der Waals surface area contributed by atoms with Gasteiger partial charge in [-0.2, -0.15) is 0 Å². The Hall–Kier alpha value is -1.94. The van der Waals surface area contributed by atoms with E-state index < -0.39 is 97.5 Å². The first-order valence-corrected chi connectivity index (χ1v) is 39.7. The van der Waals surface area contributed by atoms with E-state index in [1.54, 1.807) is 0 Å². The summed E-state index contributed by atoms with van der Waals surface area (Å²) >= 11 is 0. The molecule has 3 N–H and O–H groups in total. The zero-order chi connectivity index (χ0) is 66.8. The number of phosphoric acid groups is 2. The van der Waals surface area contributed by atoms with Gasteiger partial charge in [0.15, 0.2) is 12.2 Å². The molecule has 0 saturated carbocycles. The van der Waals surface area contributed by atoms with Gasteiger partial charge in [-0.1, -0.05) is 299 Å². The van der Waals surface area contributed by atoms with Crippen LogP contribution in [0.4, 0.5) is 0 Å². The van der Waals surface area contributed by atoms with E-state index in [2.05, 4.69) is 55.4 Å². The molecule has 0 saturated heterocycles. The van der Waals surface area contributed by atoms with Crippen molar-refractivity contribution in [1.29, 1.82) is 0 Å². The molecule has 6 atom stereocenters. The van der Waals surface area contributed by atoms with Crippen LogP contribution in [0.1, 0.15) is 351 Å². The summed E-state index contributed by atoms with van der Waals surface area (Å²) in [4.78, 5) is 72.6. The fourth-order valence-electron chi connectivity index (χ4n) is 10.6. The lowest BCUT2D eigenvalue weighted by molar-refractivity contribution is -0.161. The lowest BCUT2D eigenvalue weighted by atomic mass is 9.99. The van der Waals surface area contributed by atoms with E-state index in [0.717, 1.165) is 114 Å². The fourth-order valence-corrected chi connectivity index (χ4v) is 12.2. The molecule has 17 nitrogen and oxygen atoms in total. The molecule has 0 rings (SSSR count). The number of ether oxygens (including phenoxy) is 4. The molecule has 0 aliphatic rings. The maximum absolute atomic E-state index is 13.0. The molecular formula is C71H138O17P2.